The molecular formula is C35H46N2O6. The molecular weight excluding hydrogens is 544 g/mol. The number of hydrogen-bond donors (Lipinski definition) is 0. The fraction of sp³-hybridized carbons (Fsp3) is 0.571. The van der Waals surface area contributed by atoms with Crippen LogP contribution in [-0.4, -0.2) is 21.9 Å². The van der Waals surface area contributed by atoms with Crippen molar-refractivity contribution in [2.45, 2.75) is 92.1 Å². The Bertz CT molecular complexity index is 1330. The zero-order valence-electron chi connectivity index (χ0n) is 26.2. The van der Waals surface area contributed by atoms with E-state index < -0.39 is 33.3 Å². The number of nitro benzene ring substituents is 2. The predicted octanol–water partition coefficient (Wildman–Crippen LogP) is 9.32. The largest absolute Gasteiger partial charge is 0.458 e. The SMILES string of the molecule is C=C1CC[C@H](OC(=O)c2cc([N+](=O)[O-])cc([N+](=O)[O-])c2)CC1=CC=C1CCC[C@]2(C)C[C@@H]([C@@H](C)C=C[C@H](C)C(C)C)C[C@@H]12. The first kappa shape index (κ1) is 32.4. The molecule has 3 aliphatic rings. The highest BCUT2D eigenvalue weighted by atomic mass is 16.6. The highest BCUT2D eigenvalue weighted by Crippen LogP contribution is 2.58. The van der Waals surface area contributed by atoms with Gasteiger partial charge >= 0.3 is 5.97 Å². The van der Waals surface area contributed by atoms with Crippen LogP contribution in [0.5, 0.6) is 0 Å². The van der Waals surface area contributed by atoms with Crippen molar-refractivity contribution in [1.82, 2.24) is 0 Å². The molecule has 3 fully saturated rings. The van der Waals surface area contributed by atoms with Gasteiger partial charge in [0.15, 0.2) is 0 Å². The van der Waals surface area contributed by atoms with Gasteiger partial charge in [0, 0.05) is 18.6 Å². The third-order valence-corrected chi connectivity index (χ3v) is 10.3. The van der Waals surface area contributed by atoms with Crippen molar-refractivity contribution in [3.8, 4) is 0 Å². The van der Waals surface area contributed by atoms with Gasteiger partial charge in [-0.15, -0.1) is 0 Å². The van der Waals surface area contributed by atoms with Crippen LogP contribution in [0, 0.1) is 55.2 Å². The zero-order valence-corrected chi connectivity index (χ0v) is 26.2. The highest BCUT2D eigenvalue weighted by Gasteiger charge is 2.47. The second-order valence-corrected chi connectivity index (χ2v) is 13.7. The molecule has 0 heterocycles. The number of nitrogens with zero attached hydrogens (tertiary/aromatic N) is 2. The smallest absolute Gasteiger partial charge is 0.338 e. The molecule has 0 unspecified atom stereocenters. The lowest BCUT2D eigenvalue weighted by molar-refractivity contribution is -0.394. The van der Waals surface area contributed by atoms with Crippen LogP contribution < -0.4 is 0 Å². The summed E-state index contributed by atoms with van der Waals surface area (Å²) in [6, 6.07) is 2.88. The number of allylic oxidation sites excluding steroid dienone is 6. The summed E-state index contributed by atoms with van der Waals surface area (Å²) in [5, 5.41) is 22.5. The van der Waals surface area contributed by atoms with Crippen LogP contribution in [0.4, 0.5) is 11.4 Å². The molecule has 1 aromatic rings. The lowest BCUT2D eigenvalue weighted by Crippen LogP contribution is -2.27. The van der Waals surface area contributed by atoms with Crippen molar-refractivity contribution in [3.63, 3.8) is 0 Å². The first-order chi connectivity index (χ1) is 20.3. The predicted molar refractivity (Wildman–Crippen MR) is 169 cm³/mol. The fourth-order valence-corrected chi connectivity index (χ4v) is 7.11. The number of rotatable bonds is 9. The molecule has 43 heavy (non-hydrogen) atoms. The number of esters is 1. The molecule has 0 spiro atoms. The Labute approximate surface area is 255 Å². The molecule has 0 amide bonds. The number of nitro groups is 2. The average molecular weight is 591 g/mol. The lowest BCUT2D eigenvalue weighted by Gasteiger charge is -2.38. The van der Waals surface area contributed by atoms with Gasteiger partial charge in [-0.1, -0.05) is 76.6 Å². The second kappa shape index (κ2) is 13.4. The summed E-state index contributed by atoms with van der Waals surface area (Å²) in [7, 11) is 0. The first-order valence-corrected chi connectivity index (χ1v) is 15.7. The third kappa shape index (κ3) is 7.70. The molecule has 8 heteroatoms. The van der Waals surface area contributed by atoms with Gasteiger partial charge in [0.1, 0.15) is 6.10 Å². The molecule has 0 aliphatic heterocycles. The quantitative estimate of drug-likeness (QED) is 0.123. The Morgan fingerprint density at radius 3 is 2.35 bits per heavy atom. The van der Waals surface area contributed by atoms with E-state index >= 15 is 0 Å². The van der Waals surface area contributed by atoms with E-state index in [9.17, 15) is 25.0 Å². The molecule has 6 atom stereocenters. The number of ether oxygens (including phenoxy) is 1. The van der Waals surface area contributed by atoms with Crippen molar-refractivity contribution in [2.24, 2.45) is 35.0 Å². The number of hydrogen-bond acceptors (Lipinski definition) is 6. The van der Waals surface area contributed by atoms with Crippen LogP contribution in [0.2, 0.25) is 0 Å². The summed E-state index contributed by atoms with van der Waals surface area (Å²) in [5.41, 5.74) is 2.66. The van der Waals surface area contributed by atoms with E-state index in [1.165, 1.54) is 31.3 Å². The van der Waals surface area contributed by atoms with Crippen molar-refractivity contribution >= 4 is 17.3 Å². The van der Waals surface area contributed by atoms with Gasteiger partial charge in [-0.2, -0.15) is 0 Å². The van der Waals surface area contributed by atoms with Gasteiger partial charge in [-0.3, -0.25) is 20.2 Å². The van der Waals surface area contributed by atoms with E-state index in [1.807, 2.05) is 0 Å². The molecule has 8 nitrogen and oxygen atoms in total. The number of non-ortho nitro benzene ring substituents is 2. The summed E-state index contributed by atoms with van der Waals surface area (Å²) in [6.07, 6.45) is 16.6. The van der Waals surface area contributed by atoms with Crippen molar-refractivity contribution in [3.05, 3.63) is 91.6 Å². The van der Waals surface area contributed by atoms with Gasteiger partial charge in [0.25, 0.3) is 11.4 Å². The standard InChI is InChI=1S/C35H46N2O6/c1-22(2)23(3)9-10-25(5)29-19-33-26(8-7-15-35(33,6)21-29)12-13-27-18-32(14-11-24(27)4)43-34(38)28-16-30(36(39)40)20-31(17-28)37(41)42/h9-10,12-13,16-17,20,22-23,25,29,32-33H,4,7-8,11,14-15,18-19,21H2,1-3,5-6H3/t23-,25-,29-,32-,33-,35+/m0/s1. The third-order valence-electron chi connectivity index (χ3n) is 10.3. The van der Waals surface area contributed by atoms with E-state index in [-0.39, 0.29) is 5.56 Å². The Morgan fingerprint density at radius 1 is 1.05 bits per heavy atom. The topological polar surface area (TPSA) is 113 Å². The Morgan fingerprint density at radius 2 is 1.72 bits per heavy atom. The Balaban J connectivity index is 1.46. The van der Waals surface area contributed by atoms with E-state index in [2.05, 4.69) is 65.5 Å². The number of carbonyl (C=O) groups excluding carboxylic acids is 1. The van der Waals surface area contributed by atoms with Gasteiger partial charge in [0.05, 0.1) is 21.5 Å². The lowest BCUT2D eigenvalue weighted by atomic mass is 9.67. The van der Waals surface area contributed by atoms with Crippen LogP contribution in [0.3, 0.4) is 0 Å². The molecule has 4 rings (SSSR count). The molecule has 0 aromatic heterocycles. The van der Waals surface area contributed by atoms with Crippen LogP contribution in [0.25, 0.3) is 0 Å². The summed E-state index contributed by atoms with van der Waals surface area (Å²) >= 11 is 0. The maximum Gasteiger partial charge on any atom is 0.338 e. The van der Waals surface area contributed by atoms with Gasteiger partial charge < -0.3 is 4.74 Å². The normalized spacial score (nSPS) is 29.2. The molecule has 0 bridgehead atoms. The highest BCUT2D eigenvalue weighted by molar-refractivity contribution is 5.91. The Hall–Kier alpha value is -3.55. The van der Waals surface area contributed by atoms with Crippen LogP contribution >= 0.6 is 0 Å². The van der Waals surface area contributed by atoms with Crippen molar-refractivity contribution in [2.75, 3.05) is 0 Å². The minimum Gasteiger partial charge on any atom is -0.458 e. The van der Waals surface area contributed by atoms with Gasteiger partial charge in [-0.05, 0) is 85.5 Å². The maximum absolute atomic E-state index is 12.9. The molecule has 3 saturated carbocycles. The van der Waals surface area contributed by atoms with E-state index in [4.69, 9.17) is 4.74 Å². The number of carbonyl (C=O) groups is 1. The average Bonchev–Trinajstić information content (AvgIpc) is 3.33. The fourth-order valence-electron chi connectivity index (χ4n) is 7.11. The van der Waals surface area contributed by atoms with E-state index in [0.29, 0.717) is 54.3 Å². The number of fused-ring (bicyclic) bond motifs is 1. The first-order valence-electron chi connectivity index (χ1n) is 15.7. The summed E-state index contributed by atoms with van der Waals surface area (Å²) in [5.74, 6) is 2.24. The van der Waals surface area contributed by atoms with E-state index in [0.717, 1.165) is 35.8 Å². The molecule has 3 aliphatic carbocycles. The molecule has 0 saturated heterocycles. The minimum absolute atomic E-state index is 0.196. The number of benzene rings is 1. The van der Waals surface area contributed by atoms with Crippen molar-refractivity contribution < 1.29 is 19.4 Å². The van der Waals surface area contributed by atoms with E-state index in [1.54, 1.807) is 0 Å². The summed E-state index contributed by atoms with van der Waals surface area (Å²) < 4.78 is 5.70. The van der Waals surface area contributed by atoms with Gasteiger partial charge in [0.2, 0.25) is 0 Å². The zero-order chi connectivity index (χ0) is 31.5. The second-order valence-electron chi connectivity index (χ2n) is 13.7. The Kier molecular flexibility index (Phi) is 10.1. The van der Waals surface area contributed by atoms with Crippen molar-refractivity contribution in [1.29, 1.82) is 0 Å². The molecule has 232 valence electrons. The maximum atomic E-state index is 12.9. The monoisotopic (exact) mass is 590 g/mol. The minimum atomic E-state index is -0.798. The summed E-state index contributed by atoms with van der Waals surface area (Å²) in [4.78, 5) is 33.9. The van der Waals surface area contributed by atoms with Crippen LogP contribution in [0.1, 0.15) is 96.3 Å². The molecule has 0 radical (unpaired) electrons. The van der Waals surface area contributed by atoms with Crippen LogP contribution in [-0.2, 0) is 4.74 Å². The van der Waals surface area contributed by atoms with Gasteiger partial charge in [-0.25, -0.2) is 4.79 Å². The molecule has 0 N–H and O–H groups in total. The van der Waals surface area contributed by atoms with Crippen LogP contribution in [0.15, 0.2) is 65.8 Å². The summed E-state index contributed by atoms with van der Waals surface area (Å²) in [6.45, 7) is 15.9. The molecule has 1 aromatic carbocycles.